The second-order valence-corrected chi connectivity index (χ2v) is 4.45. The average Bonchev–Trinajstić information content (AvgIpc) is 2.19. The van der Waals surface area contributed by atoms with E-state index >= 15 is 0 Å². The molecule has 2 heterocycles. The van der Waals surface area contributed by atoms with Gasteiger partial charge in [0.1, 0.15) is 18.1 Å². The topological polar surface area (TPSA) is 58.1 Å². The molecule has 1 unspecified atom stereocenters. The normalized spacial score (nSPS) is 19.7. The quantitative estimate of drug-likeness (QED) is 0.772. The van der Waals surface area contributed by atoms with Gasteiger partial charge in [-0.25, -0.2) is 9.97 Å². The molecule has 0 saturated heterocycles. The van der Waals surface area contributed by atoms with Gasteiger partial charge in [0.25, 0.3) is 0 Å². The first kappa shape index (κ1) is 10.9. The highest BCUT2D eigenvalue weighted by Crippen LogP contribution is 2.32. The summed E-state index contributed by atoms with van der Waals surface area (Å²) in [7, 11) is 1.90. The third-order valence-corrected chi connectivity index (χ3v) is 2.92. The number of aromatic nitrogens is 2. The summed E-state index contributed by atoms with van der Waals surface area (Å²) in [5, 5.41) is 2.88. The number of nitrogens with one attached hydrogen (secondary N) is 1. The summed E-state index contributed by atoms with van der Waals surface area (Å²) >= 11 is 0. The number of carbonyl (C=O) groups excluding carboxylic acids is 1. The fourth-order valence-electron chi connectivity index (χ4n) is 2.13. The number of hydrogen-bond donors (Lipinski definition) is 1. The van der Waals surface area contributed by atoms with Crippen LogP contribution in [0.15, 0.2) is 6.33 Å². The van der Waals surface area contributed by atoms with Crippen LogP contribution in [0.3, 0.4) is 0 Å². The zero-order valence-electron chi connectivity index (χ0n) is 9.98. The Bertz CT molecular complexity index is 430. The van der Waals surface area contributed by atoms with Crippen LogP contribution in [0, 0.1) is 12.8 Å². The minimum atomic E-state index is -0.165. The molecule has 1 aliphatic heterocycles. The van der Waals surface area contributed by atoms with E-state index in [1.54, 1.807) is 0 Å². The molecule has 0 radical (unpaired) electrons. The van der Waals surface area contributed by atoms with Gasteiger partial charge in [0.05, 0.1) is 5.69 Å². The Balaban J connectivity index is 2.49. The first-order valence-electron chi connectivity index (χ1n) is 5.37. The van der Waals surface area contributed by atoms with E-state index in [0.29, 0.717) is 0 Å². The van der Waals surface area contributed by atoms with Crippen LogP contribution in [-0.2, 0) is 4.79 Å². The van der Waals surface area contributed by atoms with Gasteiger partial charge in [-0.3, -0.25) is 4.79 Å². The molecule has 1 aromatic heterocycles. The van der Waals surface area contributed by atoms with Crippen LogP contribution in [0.25, 0.3) is 0 Å². The summed E-state index contributed by atoms with van der Waals surface area (Å²) in [5.74, 6) is 1.06. The van der Waals surface area contributed by atoms with E-state index in [1.165, 1.54) is 6.33 Å². The molecule has 2 rings (SSSR count). The van der Waals surface area contributed by atoms with Crippen molar-refractivity contribution in [3.8, 4) is 0 Å². The molecule has 1 atom stereocenters. The van der Waals surface area contributed by atoms with Crippen molar-refractivity contribution in [1.29, 1.82) is 0 Å². The van der Waals surface area contributed by atoms with Crippen molar-refractivity contribution < 1.29 is 4.79 Å². The van der Waals surface area contributed by atoms with Crippen molar-refractivity contribution >= 4 is 17.4 Å². The second-order valence-electron chi connectivity index (χ2n) is 4.45. The highest BCUT2D eigenvalue weighted by molar-refractivity contribution is 6.03. The Morgan fingerprint density at radius 1 is 1.44 bits per heavy atom. The highest BCUT2D eigenvalue weighted by Gasteiger charge is 2.34. The molecule has 1 N–H and O–H groups in total. The van der Waals surface area contributed by atoms with Crippen molar-refractivity contribution in [2.24, 2.45) is 5.92 Å². The first-order chi connectivity index (χ1) is 7.52. The molecule has 0 fully saturated rings. The number of aryl methyl sites for hydroxylation is 1. The maximum Gasteiger partial charge on any atom is 0.247 e. The molecule has 5 nitrogen and oxygen atoms in total. The van der Waals surface area contributed by atoms with Gasteiger partial charge in [-0.15, -0.1) is 0 Å². The molecule has 0 spiro atoms. The monoisotopic (exact) mass is 220 g/mol. The number of nitrogens with zero attached hydrogens (tertiary/aromatic N) is 3. The average molecular weight is 220 g/mol. The molecule has 0 saturated carbocycles. The maximum absolute atomic E-state index is 12.0. The minimum absolute atomic E-state index is 0.0166. The molecule has 1 aromatic rings. The molecule has 0 bridgehead atoms. The number of carbonyl (C=O) groups is 1. The summed E-state index contributed by atoms with van der Waals surface area (Å²) in [5.41, 5.74) is 1.53. The Hall–Kier alpha value is -1.65. The Labute approximate surface area is 94.9 Å². The second kappa shape index (κ2) is 3.73. The van der Waals surface area contributed by atoms with Crippen LogP contribution in [-0.4, -0.2) is 29.0 Å². The van der Waals surface area contributed by atoms with Crippen LogP contribution < -0.4 is 10.2 Å². The van der Waals surface area contributed by atoms with Gasteiger partial charge in [0.15, 0.2) is 5.82 Å². The zero-order valence-corrected chi connectivity index (χ0v) is 9.98. The summed E-state index contributed by atoms with van der Waals surface area (Å²) in [6.07, 6.45) is 1.53. The summed E-state index contributed by atoms with van der Waals surface area (Å²) < 4.78 is 0. The highest BCUT2D eigenvalue weighted by atomic mass is 16.2. The maximum atomic E-state index is 12.0. The van der Waals surface area contributed by atoms with E-state index in [4.69, 9.17) is 0 Å². The molecular formula is C11H16N4O. The third-order valence-electron chi connectivity index (χ3n) is 2.92. The first-order valence-corrected chi connectivity index (χ1v) is 5.37. The van der Waals surface area contributed by atoms with Crippen molar-refractivity contribution in [2.75, 3.05) is 17.3 Å². The molecule has 0 aliphatic carbocycles. The molecular weight excluding hydrogens is 204 g/mol. The fraction of sp³-hybridized carbons (Fsp3) is 0.545. The minimum Gasteiger partial charge on any atom is -0.346 e. The van der Waals surface area contributed by atoms with E-state index < -0.39 is 0 Å². The summed E-state index contributed by atoms with van der Waals surface area (Å²) in [6, 6.07) is -0.165. The SMILES string of the molecule is Cc1ncnc2c1NC(=O)C(C(C)C)N2C. The predicted octanol–water partition coefficient (Wildman–Crippen LogP) is 1.20. The van der Waals surface area contributed by atoms with E-state index in [9.17, 15) is 4.79 Å². The lowest BCUT2D eigenvalue weighted by molar-refractivity contribution is -0.118. The lowest BCUT2D eigenvalue weighted by atomic mass is 9.99. The number of rotatable bonds is 1. The standard InChI is InChI=1S/C11H16N4O/c1-6(2)9-11(16)14-8-7(3)12-5-13-10(8)15(9)4/h5-6,9H,1-4H3,(H,14,16). The molecule has 1 amide bonds. The summed E-state index contributed by atoms with van der Waals surface area (Å²) in [6.45, 7) is 5.92. The zero-order chi connectivity index (χ0) is 11.9. The predicted molar refractivity (Wildman–Crippen MR) is 62.4 cm³/mol. The van der Waals surface area contributed by atoms with Crippen LogP contribution in [0.2, 0.25) is 0 Å². The van der Waals surface area contributed by atoms with Gasteiger partial charge in [-0.05, 0) is 12.8 Å². The van der Waals surface area contributed by atoms with E-state index in [1.807, 2.05) is 32.7 Å². The van der Waals surface area contributed by atoms with Crippen molar-refractivity contribution in [3.63, 3.8) is 0 Å². The molecule has 1 aliphatic rings. The van der Waals surface area contributed by atoms with Crippen LogP contribution in [0.1, 0.15) is 19.5 Å². The van der Waals surface area contributed by atoms with Gasteiger partial charge in [0.2, 0.25) is 5.91 Å². The van der Waals surface area contributed by atoms with E-state index in [2.05, 4.69) is 15.3 Å². The summed E-state index contributed by atoms with van der Waals surface area (Å²) in [4.78, 5) is 22.2. The van der Waals surface area contributed by atoms with Gasteiger partial charge < -0.3 is 10.2 Å². The van der Waals surface area contributed by atoms with Gasteiger partial charge >= 0.3 is 0 Å². The lowest BCUT2D eigenvalue weighted by Crippen LogP contribution is -2.49. The van der Waals surface area contributed by atoms with Gasteiger partial charge in [-0.1, -0.05) is 13.8 Å². The number of amides is 1. The van der Waals surface area contributed by atoms with E-state index in [-0.39, 0.29) is 17.9 Å². The van der Waals surface area contributed by atoms with Gasteiger partial charge in [0, 0.05) is 7.05 Å². The Morgan fingerprint density at radius 3 is 2.75 bits per heavy atom. The van der Waals surface area contributed by atoms with Crippen LogP contribution in [0.4, 0.5) is 11.5 Å². The number of anilines is 2. The molecule has 86 valence electrons. The molecule has 5 heteroatoms. The number of hydrogen-bond acceptors (Lipinski definition) is 4. The Kier molecular flexibility index (Phi) is 2.53. The fourth-order valence-corrected chi connectivity index (χ4v) is 2.13. The van der Waals surface area contributed by atoms with Gasteiger partial charge in [-0.2, -0.15) is 0 Å². The molecule has 0 aromatic carbocycles. The largest absolute Gasteiger partial charge is 0.346 e. The van der Waals surface area contributed by atoms with Crippen molar-refractivity contribution in [1.82, 2.24) is 9.97 Å². The third kappa shape index (κ3) is 1.52. The number of likely N-dealkylation sites (N-methyl/N-ethyl adjacent to an activating group) is 1. The van der Waals surface area contributed by atoms with Crippen LogP contribution in [0.5, 0.6) is 0 Å². The smallest absolute Gasteiger partial charge is 0.247 e. The van der Waals surface area contributed by atoms with E-state index in [0.717, 1.165) is 17.2 Å². The lowest BCUT2D eigenvalue weighted by Gasteiger charge is -2.36. The van der Waals surface area contributed by atoms with Crippen LogP contribution >= 0.6 is 0 Å². The van der Waals surface area contributed by atoms with Crippen molar-refractivity contribution in [3.05, 3.63) is 12.0 Å². The number of fused-ring (bicyclic) bond motifs is 1. The molecule has 16 heavy (non-hydrogen) atoms. The Morgan fingerprint density at radius 2 is 2.12 bits per heavy atom. The van der Waals surface area contributed by atoms with Crippen molar-refractivity contribution in [2.45, 2.75) is 26.8 Å².